The van der Waals surface area contributed by atoms with Crippen molar-refractivity contribution < 1.29 is 14.6 Å². The van der Waals surface area contributed by atoms with Crippen molar-refractivity contribution in [1.82, 2.24) is 9.78 Å². The Balaban J connectivity index is 2.71. The number of carbonyl (C=O) groups is 1. The van der Waals surface area contributed by atoms with Gasteiger partial charge in [0.15, 0.2) is 0 Å². The van der Waals surface area contributed by atoms with E-state index in [2.05, 4.69) is 5.10 Å². The average Bonchev–Trinajstić information content (AvgIpc) is 2.78. The molecule has 106 valence electrons. The van der Waals surface area contributed by atoms with Gasteiger partial charge in [-0.25, -0.2) is 4.79 Å². The SMILES string of the molecule is COc1c(C(=O)O)c(C(C)C)nn1-c1cccc(Cl)c1. The number of rotatable bonds is 4. The second-order valence-corrected chi connectivity index (χ2v) is 5.06. The molecule has 0 saturated carbocycles. The zero-order chi connectivity index (χ0) is 14.9. The molecule has 0 amide bonds. The molecule has 20 heavy (non-hydrogen) atoms. The van der Waals surface area contributed by atoms with Crippen LogP contribution in [0.1, 0.15) is 35.8 Å². The third-order valence-corrected chi connectivity index (χ3v) is 3.11. The fraction of sp³-hybridized carbons (Fsp3) is 0.286. The first-order valence-electron chi connectivity index (χ1n) is 6.11. The first-order chi connectivity index (χ1) is 9.45. The van der Waals surface area contributed by atoms with Crippen LogP contribution in [0.25, 0.3) is 5.69 Å². The molecule has 6 heteroatoms. The fourth-order valence-electron chi connectivity index (χ4n) is 2.00. The third-order valence-electron chi connectivity index (χ3n) is 2.88. The lowest BCUT2D eigenvalue weighted by Crippen LogP contribution is -2.04. The highest BCUT2D eigenvalue weighted by Gasteiger charge is 2.26. The Morgan fingerprint density at radius 2 is 2.15 bits per heavy atom. The number of nitrogens with zero attached hydrogens (tertiary/aromatic N) is 2. The monoisotopic (exact) mass is 294 g/mol. The van der Waals surface area contributed by atoms with Gasteiger partial charge in [0.1, 0.15) is 5.56 Å². The van der Waals surface area contributed by atoms with Gasteiger partial charge in [-0.1, -0.05) is 31.5 Å². The highest BCUT2D eigenvalue weighted by atomic mass is 35.5. The molecule has 0 unspecified atom stereocenters. The molecule has 0 atom stereocenters. The minimum Gasteiger partial charge on any atom is -0.480 e. The quantitative estimate of drug-likeness (QED) is 0.939. The molecule has 0 aliphatic heterocycles. The Labute approximate surface area is 121 Å². The molecule has 1 heterocycles. The largest absolute Gasteiger partial charge is 0.480 e. The van der Waals surface area contributed by atoms with Gasteiger partial charge >= 0.3 is 5.97 Å². The van der Waals surface area contributed by atoms with Crippen LogP contribution in [0.2, 0.25) is 5.02 Å². The Bertz CT molecular complexity index is 650. The van der Waals surface area contributed by atoms with Crippen LogP contribution in [-0.2, 0) is 0 Å². The molecule has 2 rings (SSSR count). The van der Waals surface area contributed by atoms with Crippen molar-refractivity contribution in [1.29, 1.82) is 0 Å². The van der Waals surface area contributed by atoms with Crippen molar-refractivity contribution in [3.8, 4) is 11.6 Å². The molecular weight excluding hydrogens is 280 g/mol. The van der Waals surface area contributed by atoms with E-state index in [4.69, 9.17) is 16.3 Å². The Hall–Kier alpha value is -2.01. The van der Waals surface area contributed by atoms with Gasteiger partial charge < -0.3 is 9.84 Å². The summed E-state index contributed by atoms with van der Waals surface area (Å²) in [6, 6.07) is 7.00. The van der Waals surface area contributed by atoms with E-state index < -0.39 is 5.97 Å². The summed E-state index contributed by atoms with van der Waals surface area (Å²) in [4.78, 5) is 11.5. The molecule has 0 saturated heterocycles. The van der Waals surface area contributed by atoms with Crippen molar-refractivity contribution in [3.05, 3.63) is 40.5 Å². The summed E-state index contributed by atoms with van der Waals surface area (Å²) < 4.78 is 6.70. The van der Waals surface area contributed by atoms with Crippen LogP contribution in [0.3, 0.4) is 0 Å². The van der Waals surface area contributed by atoms with E-state index >= 15 is 0 Å². The number of carboxylic acids is 1. The minimum atomic E-state index is -1.06. The molecule has 0 spiro atoms. The Morgan fingerprint density at radius 1 is 1.45 bits per heavy atom. The van der Waals surface area contributed by atoms with Gasteiger partial charge in [-0.2, -0.15) is 9.78 Å². The zero-order valence-electron chi connectivity index (χ0n) is 11.4. The maximum absolute atomic E-state index is 11.5. The molecule has 2 aromatic rings. The molecule has 1 aromatic carbocycles. The van der Waals surface area contributed by atoms with Gasteiger partial charge in [-0.05, 0) is 24.1 Å². The Kier molecular flexibility index (Phi) is 3.99. The van der Waals surface area contributed by atoms with E-state index in [1.807, 2.05) is 13.8 Å². The van der Waals surface area contributed by atoms with Crippen LogP contribution in [0, 0.1) is 0 Å². The number of methoxy groups -OCH3 is 1. The summed E-state index contributed by atoms with van der Waals surface area (Å²) in [7, 11) is 1.43. The van der Waals surface area contributed by atoms with Gasteiger partial charge in [-0.3, -0.25) is 0 Å². The molecule has 0 radical (unpaired) electrons. The topological polar surface area (TPSA) is 64.3 Å². The van der Waals surface area contributed by atoms with E-state index in [1.54, 1.807) is 24.3 Å². The van der Waals surface area contributed by atoms with Gasteiger partial charge in [0, 0.05) is 5.02 Å². The molecule has 1 aromatic heterocycles. The number of ether oxygens (including phenoxy) is 1. The highest BCUT2D eigenvalue weighted by Crippen LogP contribution is 2.30. The number of hydrogen-bond donors (Lipinski definition) is 1. The van der Waals surface area contributed by atoms with E-state index in [0.717, 1.165) is 0 Å². The zero-order valence-corrected chi connectivity index (χ0v) is 12.2. The predicted octanol–water partition coefficient (Wildman–Crippen LogP) is 3.36. The number of aromatic nitrogens is 2. The number of aromatic carboxylic acids is 1. The second kappa shape index (κ2) is 5.54. The lowest BCUT2D eigenvalue weighted by atomic mass is 10.1. The number of carboxylic acid groups (broad SMARTS) is 1. The van der Waals surface area contributed by atoms with Crippen molar-refractivity contribution in [2.24, 2.45) is 0 Å². The summed E-state index contributed by atoms with van der Waals surface area (Å²) in [5, 5.41) is 14.3. The van der Waals surface area contributed by atoms with Crippen LogP contribution in [-0.4, -0.2) is 28.0 Å². The first kappa shape index (κ1) is 14.4. The smallest absolute Gasteiger partial charge is 0.343 e. The number of halogens is 1. The molecule has 0 fully saturated rings. The molecule has 1 N–H and O–H groups in total. The molecular formula is C14H15ClN2O3. The van der Waals surface area contributed by atoms with E-state index in [0.29, 0.717) is 16.4 Å². The van der Waals surface area contributed by atoms with Crippen LogP contribution >= 0.6 is 11.6 Å². The van der Waals surface area contributed by atoms with Crippen LogP contribution in [0.15, 0.2) is 24.3 Å². The highest BCUT2D eigenvalue weighted by molar-refractivity contribution is 6.30. The Morgan fingerprint density at radius 3 is 2.65 bits per heavy atom. The molecule has 0 aliphatic carbocycles. The van der Waals surface area contributed by atoms with Crippen molar-refractivity contribution in [2.45, 2.75) is 19.8 Å². The summed E-state index contributed by atoms with van der Waals surface area (Å²) in [5.74, 6) is -0.891. The molecule has 0 aliphatic rings. The molecule has 5 nitrogen and oxygen atoms in total. The van der Waals surface area contributed by atoms with Gasteiger partial charge in [0.25, 0.3) is 0 Å². The maximum atomic E-state index is 11.5. The lowest BCUT2D eigenvalue weighted by molar-refractivity contribution is 0.0691. The fourth-order valence-corrected chi connectivity index (χ4v) is 2.18. The van der Waals surface area contributed by atoms with Crippen LogP contribution < -0.4 is 4.74 Å². The summed E-state index contributed by atoms with van der Waals surface area (Å²) in [5.41, 5.74) is 1.22. The number of benzene rings is 1. The standard InChI is InChI=1S/C14H15ClN2O3/c1-8(2)12-11(14(18)19)13(20-3)17(16-12)10-6-4-5-9(15)7-10/h4-8H,1-3H3,(H,18,19). The first-order valence-corrected chi connectivity index (χ1v) is 6.49. The van der Waals surface area contributed by atoms with Crippen molar-refractivity contribution in [3.63, 3.8) is 0 Å². The molecule has 0 bridgehead atoms. The van der Waals surface area contributed by atoms with E-state index in [9.17, 15) is 9.90 Å². The van der Waals surface area contributed by atoms with E-state index in [1.165, 1.54) is 11.8 Å². The lowest BCUT2D eigenvalue weighted by Gasteiger charge is -2.06. The van der Waals surface area contributed by atoms with Crippen LogP contribution in [0.4, 0.5) is 0 Å². The van der Waals surface area contributed by atoms with Crippen LogP contribution in [0.5, 0.6) is 5.88 Å². The van der Waals surface area contributed by atoms with Gasteiger partial charge in [0.2, 0.25) is 5.88 Å². The predicted molar refractivity (Wildman–Crippen MR) is 76.2 cm³/mol. The summed E-state index contributed by atoms with van der Waals surface area (Å²) in [6.07, 6.45) is 0. The summed E-state index contributed by atoms with van der Waals surface area (Å²) in [6.45, 7) is 3.77. The average molecular weight is 295 g/mol. The number of hydrogen-bond acceptors (Lipinski definition) is 3. The van der Waals surface area contributed by atoms with Gasteiger partial charge in [0.05, 0.1) is 18.5 Å². The second-order valence-electron chi connectivity index (χ2n) is 4.62. The summed E-state index contributed by atoms with van der Waals surface area (Å²) >= 11 is 5.96. The third kappa shape index (κ3) is 2.49. The van der Waals surface area contributed by atoms with E-state index in [-0.39, 0.29) is 17.4 Å². The normalized spacial score (nSPS) is 10.8. The maximum Gasteiger partial charge on any atom is 0.343 e. The van der Waals surface area contributed by atoms with Crippen molar-refractivity contribution in [2.75, 3.05) is 7.11 Å². The van der Waals surface area contributed by atoms with Crippen molar-refractivity contribution >= 4 is 17.6 Å². The van der Waals surface area contributed by atoms with Gasteiger partial charge in [-0.15, -0.1) is 0 Å². The minimum absolute atomic E-state index is 0.0320.